The predicted molar refractivity (Wildman–Crippen MR) is 41.6 cm³/mol. The topological polar surface area (TPSA) is 24.8 Å². The van der Waals surface area contributed by atoms with Crippen LogP contribution in [0.2, 0.25) is 0 Å². The molecule has 7 heteroatoms. The van der Waals surface area contributed by atoms with E-state index in [1.807, 2.05) is 0 Å². The van der Waals surface area contributed by atoms with Crippen LogP contribution in [0.1, 0.15) is 0 Å². The van der Waals surface area contributed by atoms with Gasteiger partial charge in [0.2, 0.25) is 0 Å². The molecule has 1 aliphatic rings. The minimum Gasteiger partial charge on any atom is -0.379 e. The van der Waals surface area contributed by atoms with Crippen molar-refractivity contribution in [2.45, 2.75) is 6.05 Å². The SMILES string of the molecule is [B]N=C(F)C(F)(F)N1CCOCC1. The summed E-state index contributed by atoms with van der Waals surface area (Å²) in [6, 6.07) is -3.71. The Balaban J connectivity index is 2.66. The molecular weight excluding hydrogens is 184 g/mol. The first-order valence-electron chi connectivity index (χ1n) is 3.73. The maximum atomic E-state index is 13.0. The lowest BCUT2D eigenvalue weighted by molar-refractivity contribution is -0.127. The Morgan fingerprint density at radius 3 is 2.38 bits per heavy atom. The summed E-state index contributed by atoms with van der Waals surface area (Å²) in [4.78, 5) is 2.99. The fourth-order valence-electron chi connectivity index (χ4n) is 1.05. The van der Waals surface area contributed by atoms with Crippen molar-refractivity contribution < 1.29 is 17.9 Å². The third-order valence-electron chi connectivity index (χ3n) is 1.77. The zero-order chi connectivity index (χ0) is 9.90. The normalized spacial score (nSPS) is 21.9. The van der Waals surface area contributed by atoms with Crippen LogP contribution >= 0.6 is 0 Å². The van der Waals surface area contributed by atoms with E-state index >= 15 is 0 Å². The van der Waals surface area contributed by atoms with Crippen molar-refractivity contribution in [2.75, 3.05) is 26.3 Å². The first-order chi connectivity index (χ1) is 6.09. The molecule has 1 aliphatic heterocycles. The number of hydrogen-bond acceptors (Lipinski definition) is 3. The van der Waals surface area contributed by atoms with Crippen LogP contribution in [0.4, 0.5) is 13.2 Å². The molecule has 0 aromatic heterocycles. The Labute approximate surface area is 75.0 Å². The molecule has 0 saturated carbocycles. The minimum atomic E-state index is -3.71. The Bertz CT molecular complexity index is 206. The van der Waals surface area contributed by atoms with E-state index in [-0.39, 0.29) is 26.3 Å². The van der Waals surface area contributed by atoms with Crippen LogP contribution in [0.3, 0.4) is 0 Å². The molecule has 3 nitrogen and oxygen atoms in total. The lowest BCUT2D eigenvalue weighted by Crippen LogP contribution is -2.51. The smallest absolute Gasteiger partial charge is 0.373 e. The zero-order valence-corrected chi connectivity index (χ0v) is 6.84. The van der Waals surface area contributed by atoms with Crippen molar-refractivity contribution in [1.82, 2.24) is 4.90 Å². The van der Waals surface area contributed by atoms with Crippen LogP contribution < -0.4 is 0 Å². The largest absolute Gasteiger partial charge is 0.379 e. The number of ether oxygens (including phenoxy) is 1. The number of nitrogens with zero attached hydrogens (tertiary/aromatic N) is 2. The summed E-state index contributed by atoms with van der Waals surface area (Å²) in [7, 11) is 4.44. The van der Waals surface area contributed by atoms with E-state index < -0.39 is 12.0 Å². The van der Waals surface area contributed by atoms with Crippen LogP contribution in [0.15, 0.2) is 4.90 Å². The summed E-state index contributed by atoms with van der Waals surface area (Å²) in [6.45, 7) is 0.257. The average Bonchev–Trinajstić information content (AvgIpc) is 2.18. The molecule has 0 unspecified atom stereocenters. The molecule has 72 valence electrons. The maximum absolute atomic E-state index is 13.0. The third kappa shape index (κ3) is 2.22. The highest BCUT2D eigenvalue weighted by Gasteiger charge is 2.43. The first kappa shape index (κ1) is 10.5. The lowest BCUT2D eigenvalue weighted by atomic mass is 10.3. The molecule has 0 aromatic carbocycles. The van der Waals surface area contributed by atoms with Crippen molar-refractivity contribution in [3.63, 3.8) is 0 Å². The predicted octanol–water partition coefficient (Wildman–Crippen LogP) is 0.363. The highest BCUT2D eigenvalue weighted by atomic mass is 19.3. The lowest BCUT2D eigenvalue weighted by Gasteiger charge is -2.32. The molecule has 0 aromatic rings. The molecule has 1 rings (SSSR count). The van der Waals surface area contributed by atoms with E-state index in [1.54, 1.807) is 0 Å². The van der Waals surface area contributed by atoms with Crippen LogP contribution in [-0.4, -0.2) is 51.2 Å². The van der Waals surface area contributed by atoms with Gasteiger partial charge in [-0.25, -0.2) is 4.90 Å². The Kier molecular flexibility index (Phi) is 3.32. The summed E-state index contributed by atoms with van der Waals surface area (Å²) in [6.07, 6.45) is 0. The maximum Gasteiger partial charge on any atom is 0.373 e. The Morgan fingerprint density at radius 1 is 1.38 bits per heavy atom. The molecule has 1 heterocycles. The zero-order valence-electron chi connectivity index (χ0n) is 6.84. The van der Waals surface area contributed by atoms with Crippen LogP contribution in [0, 0.1) is 0 Å². The fraction of sp³-hybridized carbons (Fsp3) is 0.833. The van der Waals surface area contributed by atoms with E-state index in [0.29, 0.717) is 4.90 Å². The van der Waals surface area contributed by atoms with Crippen LogP contribution in [-0.2, 0) is 4.74 Å². The molecule has 0 atom stereocenters. The minimum absolute atomic E-state index is 0.0318. The molecule has 2 radical (unpaired) electrons. The van der Waals surface area contributed by atoms with Gasteiger partial charge in [0.25, 0.3) is 13.9 Å². The molecule has 0 spiro atoms. The molecule has 13 heavy (non-hydrogen) atoms. The van der Waals surface area contributed by atoms with E-state index in [9.17, 15) is 13.2 Å². The van der Waals surface area contributed by atoms with Gasteiger partial charge in [0.15, 0.2) is 0 Å². The van der Waals surface area contributed by atoms with Crippen molar-refractivity contribution >= 4 is 13.9 Å². The molecule has 0 bridgehead atoms. The number of morpholine rings is 1. The quantitative estimate of drug-likeness (QED) is 0.358. The van der Waals surface area contributed by atoms with Gasteiger partial charge in [-0.05, 0) is 0 Å². The fourth-order valence-corrected chi connectivity index (χ4v) is 1.05. The van der Waals surface area contributed by atoms with Crippen molar-refractivity contribution in [3.05, 3.63) is 0 Å². The van der Waals surface area contributed by atoms with Gasteiger partial charge in [0, 0.05) is 13.1 Å². The average molecular weight is 192 g/mol. The summed E-state index contributed by atoms with van der Waals surface area (Å²) in [5, 5.41) is 0. The molecule has 0 amide bonds. The van der Waals surface area contributed by atoms with Gasteiger partial charge in [-0.15, -0.1) is 0 Å². The Hall–Kier alpha value is -0.555. The highest BCUT2D eigenvalue weighted by molar-refractivity contribution is 6.12. The van der Waals surface area contributed by atoms with E-state index in [4.69, 9.17) is 4.74 Å². The monoisotopic (exact) mass is 192 g/mol. The second-order valence-electron chi connectivity index (χ2n) is 2.56. The molecular formula is C6H8BF3N2O. The van der Waals surface area contributed by atoms with Gasteiger partial charge in [-0.2, -0.15) is 13.2 Å². The summed E-state index contributed by atoms with van der Waals surface area (Å²) in [5.74, 6) is -1.87. The number of halogens is 3. The van der Waals surface area contributed by atoms with Gasteiger partial charge in [-0.3, -0.25) is 0 Å². The van der Waals surface area contributed by atoms with E-state index in [0.717, 1.165) is 0 Å². The van der Waals surface area contributed by atoms with Crippen LogP contribution in [0.25, 0.3) is 0 Å². The van der Waals surface area contributed by atoms with Gasteiger partial charge in [0.05, 0.1) is 13.2 Å². The summed E-state index contributed by atoms with van der Waals surface area (Å²) in [5.41, 5.74) is 0. The highest BCUT2D eigenvalue weighted by Crippen LogP contribution is 2.23. The second-order valence-corrected chi connectivity index (χ2v) is 2.56. The molecule has 0 aliphatic carbocycles. The van der Waals surface area contributed by atoms with Crippen molar-refractivity contribution in [3.8, 4) is 0 Å². The van der Waals surface area contributed by atoms with Gasteiger partial charge < -0.3 is 9.64 Å². The number of hydrogen-bond donors (Lipinski definition) is 0. The van der Waals surface area contributed by atoms with E-state index in [1.165, 1.54) is 0 Å². The van der Waals surface area contributed by atoms with E-state index in [2.05, 4.69) is 12.9 Å². The van der Waals surface area contributed by atoms with Crippen molar-refractivity contribution in [2.24, 2.45) is 4.90 Å². The number of alkyl halides is 2. The van der Waals surface area contributed by atoms with Gasteiger partial charge in [0.1, 0.15) is 0 Å². The molecule has 0 N–H and O–H groups in total. The first-order valence-corrected chi connectivity index (χ1v) is 3.73. The molecule has 1 fully saturated rings. The summed E-state index contributed by atoms with van der Waals surface area (Å²) >= 11 is 0. The number of rotatable bonds is 2. The van der Waals surface area contributed by atoms with Gasteiger partial charge >= 0.3 is 6.05 Å². The van der Waals surface area contributed by atoms with Crippen LogP contribution in [0.5, 0.6) is 0 Å². The summed E-state index contributed by atoms with van der Waals surface area (Å²) < 4.78 is 43.3. The molecule has 1 saturated heterocycles. The Morgan fingerprint density at radius 2 is 1.92 bits per heavy atom. The second kappa shape index (κ2) is 4.10. The van der Waals surface area contributed by atoms with Gasteiger partial charge in [-0.1, -0.05) is 0 Å². The standard InChI is InChI=1S/C6H8BF3N2O/c7-11-5(8)6(9,10)12-1-3-13-4-2-12/h1-4H2. The third-order valence-corrected chi connectivity index (χ3v) is 1.77. The van der Waals surface area contributed by atoms with Crippen molar-refractivity contribution in [1.29, 1.82) is 0 Å².